The summed E-state index contributed by atoms with van der Waals surface area (Å²) in [5.41, 5.74) is 1.09. The van der Waals surface area contributed by atoms with Crippen LogP contribution in [0.3, 0.4) is 0 Å². The molecule has 1 aromatic rings. The maximum absolute atomic E-state index is 5.77. The zero-order chi connectivity index (χ0) is 11.3. The molecule has 0 aromatic heterocycles. The third-order valence-corrected chi connectivity index (χ3v) is 2.51. The van der Waals surface area contributed by atoms with Crippen molar-refractivity contribution in [1.82, 2.24) is 0 Å². The van der Waals surface area contributed by atoms with E-state index in [1.54, 1.807) is 7.11 Å². The third-order valence-electron chi connectivity index (χ3n) is 1.69. The maximum Gasteiger partial charge on any atom is 0.265 e. The first-order chi connectivity index (χ1) is 7.01. The SMILES string of the molecule is CO/C(=C/c1ccccc1)O[Si](C)(C)C. The normalized spacial score (nSPS) is 12.4. The molecule has 0 bridgehead atoms. The second kappa shape index (κ2) is 5.03. The minimum atomic E-state index is -1.59. The zero-order valence-electron chi connectivity index (χ0n) is 9.78. The molecule has 15 heavy (non-hydrogen) atoms. The van der Waals surface area contributed by atoms with Gasteiger partial charge in [0.1, 0.15) is 0 Å². The Morgan fingerprint density at radius 3 is 2.20 bits per heavy atom. The van der Waals surface area contributed by atoms with Gasteiger partial charge in [-0.1, -0.05) is 30.3 Å². The summed E-state index contributed by atoms with van der Waals surface area (Å²) in [5, 5.41) is 0. The molecular formula is C12H18O2Si. The van der Waals surface area contributed by atoms with Crippen LogP contribution < -0.4 is 0 Å². The molecule has 0 unspecified atom stereocenters. The summed E-state index contributed by atoms with van der Waals surface area (Å²) >= 11 is 0. The lowest BCUT2D eigenvalue weighted by molar-refractivity contribution is 0.152. The fraction of sp³-hybridized carbons (Fsp3) is 0.333. The lowest BCUT2D eigenvalue weighted by Gasteiger charge is -2.20. The van der Waals surface area contributed by atoms with E-state index in [-0.39, 0.29) is 0 Å². The Morgan fingerprint density at radius 2 is 1.73 bits per heavy atom. The molecule has 0 heterocycles. The molecule has 0 radical (unpaired) electrons. The van der Waals surface area contributed by atoms with Crippen molar-refractivity contribution in [3.05, 3.63) is 41.8 Å². The zero-order valence-corrected chi connectivity index (χ0v) is 10.8. The van der Waals surface area contributed by atoms with E-state index < -0.39 is 8.32 Å². The molecule has 1 aromatic carbocycles. The average Bonchev–Trinajstić information content (AvgIpc) is 2.16. The highest BCUT2D eigenvalue weighted by Gasteiger charge is 2.17. The van der Waals surface area contributed by atoms with Crippen LogP contribution in [-0.2, 0) is 9.16 Å². The number of hydrogen-bond acceptors (Lipinski definition) is 2. The first-order valence-corrected chi connectivity index (χ1v) is 8.42. The van der Waals surface area contributed by atoms with Gasteiger partial charge in [-0.05, 0) is 25.2 Å². The van der Waals surface area contributed by atoms with Gasteiger partial charge in [-0.15, -0.1) is 0 Å². The van der Waals surface area contributed by atoms with E-state index in [0.717, 1.165) is 5.56 Å². The highest BCUT2D eigenvalue weighted by atomic mass is 28.4. The Hall–Kier alpha value is -1.22. The quantitative estimate of drug-likeness (QED) is 0.573. The summed E-state index contributed by atoms with van der Waals surface area (Å²) in [4.78, 5) is 0. The van der Waals surface area contributed by atoms with Gasteiger partial charge in [0.25, 0.3) is 5.95 Å². The van der Waals surface area contributed by atoms with Crippen molar-refractivity contribution in [1.29, 1.82) is 0 Å². The summed E-state index contributed by atoms with van der Waals surface area (Å²) in [7, 11) is 0.0454. The summed E-state index contributed by atoms with van der Waals surface area (Å²) in [5.74, 6) is 0.598. The standard InChI is InChI=1S/C12H18O2Si/c1-13-12(14-15(2,3)4)10-11-8-6-5-7-9-11/h5-10H,1-4H3/b12-10-. The topological polar surface area (TPSA) is 18.5 Å². The highest BCUT2D eigenvalue weighted by Crippen LogP contribution is 2.14. The van der Waals surface area contributed by atoms with Gasteiger partial charge in [0, 0.05) is 6.08 Å². The smallest absolute Gasteiger partial charge is 0.265 e. The lowest BCUT2D eigenvalue weighted by atomic mass is 10.2. The summed E-state index contributed by atoms with van der Waals surface area (Å²) in [6.45, 7) is 6.39. The van der Waals surface area contributed by atoms with Crippen molar-refractivity contribution in [3.8, 4) is 0 Å². The molecule has 82 valence electrons. The Balaban J connectivity index is 2.79. The molecule has 0 spiro atoms. The van der Waals surface area contributed by atoms with E-state index in [2.05, 4.69) is 19.6 Å². The van der Waals surface area contributed by atoms with Gasteiger partial charge in [-0.25, -0.2) is 0 Å². The molecule has 0 saturated heterocycles. The second-order valence-electron chi connectivity index (χ2n) is 4.29. The Kier molecular flexibility index (Phi) is 3.97. The molecule has 0 aliphatic heterocycles. The Labute approximate surface area is 92.7 Å². The maximum atomic E-state index is 5.77. The fourth-order valence-corrected chi connectivity index (χ4v) is 1.86. The van der Waals surface area contributed by atoms with Gasteiger partial charge in [-0.3, -0.25) is 0 Å². The fourth-order valence-electron chi connectivity index (χ4n) is 1.12. The van der Waals surface area contributed by atoms with E-state index in [0.29, 0.717) is 5.95 Å². The molecule has 0 amide bonds. The van der Waals surface area contributed by atoms with Crippen molar-refractivity contribution < 1.29 is 9.16 Å². The molecule has 0 N–H and O–H groups in total. The number of ether oxygens (including phenoxy) is 1. The molecule has 0 aliphatic carbocycles. The summed E-state index contributed by atoms with van der Waals surface area (Å²) in [6, 6.07) is 10.0. The van der Waals surface area contributed by atoms with Crippen LogP contribution in [0.2, 0.25) is 19.6 Å². The molecule has 0 fully saturated rings. The second-order valence-corrected chi connectivity index (χ2v) is 8.72. The van der Waals surface area contributed by atoms with Gasteiger partial charge in [0.05, 0.1) is 7.11 Å². The third kappa shape index (κ3) is 4.70. The van der Waals surface area contributed by atoms with Crippen LogP contribution in [0.25, 0.3) is 6.08 Å². The number of rotatable bonds is 4. The van der Waals surface area contributed by atoms with E-state index >= 15 is 0 Å². The predicted octanol–water partition coefficient (Wildman–Crippen LogP) is 3.48. The van der Waals surface area contributed by atoms with Crippen molar-refractivity contribution in [2.24, 2.45) is 0 Å². The monoisotopic (exact) mass is 222 g/mol. The highest BCUT2D eigenvalue weighted by molar-refractivity contribution is 6.70. The van der Waals surface area contributed by atoms with Crippen molar-refractivity contribution in [2.45, 2.75) is 19.6 Å². The Morgan fingerprint density at radius 1 is 1.13 bits per heavy atom. The van der Waals surface area contributed by atoms with Crippen molar-refractivity contribution in [2.75, 3.05) is 7.11 Å². The molecule has 0 aliphatic rings. The number of benzene rings is 1. The van der Waals surface area contributed by atoms with E-state index in [1.807, 2.05) is 36.4 Å². The Bertz CT molecular complexity index is 325. The first kappa shape index (κ1) is 11.8. The largest absolute Gasteiger partial charge is 0.520 e. The predicted molar refractivity (Wildman–Crippen MR) is 65.9 cm³/mol. The van der Waals surface area contributed by atoms with Gasteiger partial charge in [0.2, 0.25) is 8.32 Å². The van der Waals surface area contributed by atoms with E-state index in [4.69, 9.17) is 9.16 Å². The van der Waals surface area contributed by atoms with Gasteiger partial charge in [-0.2, -0.15) is 0 Å². The van der Waals surface area contributed by atoms with E-state index in [1.165, 1.54) is 0 Å². The average molecular weight is 222 g/mol. The van der Waals surface area contributed by atoms with Crippen LogP contribution in [0.1, 0.15) is 5.56 Å². The van der Waals surface area contributed by atoms with Gasteiger partial charge < -0.3 is 9.16 Å². The van der Waals surface area contributed by atoms with E-state index in [9.17, 15) is 0 Å². The number of methoxy groups -OCH3 is 1. The van der Waals surface area contributed by atoms with Crippen molar-refractivity contribution >= 4 is 14.4 Å². The molecule has 2 nitrogen and oxygen atoms in total. The van der Waals surface area contributed by atoms with Crippen LogP contribution >= 0.6 is 0 Å². The minimum absolute atomic E-state index is 0.598. The summed E-state index contributed by atoms with van der Waals surface area (Å²) < 4.78 is 11.0. The molecule has 0 atom stereocenters. The van der Waals surface area contributed by atoms with Crippen LogP contribution in [0.4, 0.5) is 0 Å². The van der Waals surface area contributed by atoms with Gasteiger partial charge >= 0.3 is 0 Å². The molecule has 1 rings (SSSR count). The first-order valence-electron chi connectivity index (χ1n) is 5.01. The molecule has 0 saturated carbocycles. The van der Waals surface area contributed by atoms with Crippen LogP contribution in [0.5, 0.6) is 0 Å². The molecular weight excluding hydrogens is 204 g/mol. The lowest BCUT2D eigenvalue weighted by Crippen LogP contribution is -2.25. The minimum Gasteiger partial charge on any atom is -0.520 e. The number of hydrogen-bond donors (Lipinski definition) is 0. The van der Waals surface area contributed by atoms with Crippen LogP contribution in [0, 0.1) is 0 Å². The summed E-state index contributed by atoms with van der Waals surface area (Å²) in [6.07, 6.45) is 1.91. The van der Waals surface area contributed by atoms with Crippen LogP contribution in [0.15, 0.2) is 36.3 Å². The molecule has 3 heteroatoms. The van der Waals surface area contributed by atoms with Crippen LogP contribution in [-0.4, -0.2) is 15.4 Å². The van der Waals surface area contributed by atoms with Gasteiger partial charge in [0.15, 0.2) is 0 Å². The van der Waals surface area contributed by atoms with Crippen molar-refractivity contribution in [3.63, 3.8) is 0 Å².